The SMILES string of the molecule is Cc1ccc([N+]2=c3c(c4c(c5cc6ccc(S(=O)(=O)[O-])cc6cc35)=Cc3c(c5c(c6cc7cc(SOO[O-])ccc7cc36)N(CCCSOO[O-])CC5(C)C)O4)C(C)(C)C2)cc1. The van der Waals surface area contributed by atoms with Gasteiger partial charge >= 0.3 is 0 Å². The molecule has 3 aliphatic rings. The van der Waals surface area contributed by atoms with Crippen molar-refractivity contribution in [1.82, 2.24) is 4.58 Å². The highest BCUT2D eigenvalue weighted by atomic mass is 32.2. The van der Waals surface area contributed by atoms with Crippen LogP contribution in [0.15, 0.2) is 94.7 Å². The fourth-order valence-corrected chi connectivity index (χ4v) is 11.2. The molecule has 0 aromatic heterocycles. The minimum Gasteiger partial charge on any atom is -0.744 e. The van der Waals surface area contributed by atoms with E-state index in [1.807, 2.05) is 24.3 Å². The van der Waals surface area contributed by atoms with Crippen molar-refractivity contribution in [2.45, 2.75) is 61.7 Å². The third-order valence-corrected chi connectivity index (χ3v) is 14.5. The minimum atomic E-state index is -4.69. The Hall–Kier alpha value is -4.78. The molecule has 10 rings (SSSR count). The zero-order valence-electron chi connectivity index (χ0n) is 34.4. The van der Waals surface area contributed by atoms with E-state index in [4.69, 9.17) is 4.74 Å². The van der Waals surface area contributed by atoms with E-state index >= 15 is 0 Å². The van der Waals surface area contributed by atoms with Crippen LogP contribution in [0.25, 0.3) is 49.2 Å². The topological polar surface area (TPSA) is 156 Å². The van der Waals surface area contributed by atoms with E-state index in [0.29, 0.717) is 35.7 Å². The Bertz CT molecular complexity index is 3280. The van der Waals surface area contributed by atoms with Crippen molar-refractivity contribution in [3.8, 4) is 11.5 Å². The highest BCUT2D eigenvalue weighted by molar-refractivity contribution is 7.94. The maximum absolute atomic E-state index is 12.2. The van der Waals surface area contributed by atoms with E-state index in [2.05, 4.69) is 111 Å². The first kappa shape index (κ1) is 41.2. The van der Waals surface area contributed by atoms with Crippen LogP contribution in [0, 0.1) is 6.92 Å². The van der Waals surface area contributed by atoms with Gasteiger partial charge in [-0.3, -0.25) is 10.1 Å². The summed E-state index contributed by atoms with van der Waals surface area (Å²) in [6.07, 6.45) is 2.98. The zero-order valence-corrected chi connectivity index (χ0v) is 36.8. The van der Waals surface area contributed by atoms with Gasteiger partial charge in [0, 0.05) is 75.1 Å². The highest BCUT2D eigenvalue weighted by Gasteiger charge is 2.46. The molecule has 7 aromatic carbocycles. The smallest absolute Gasteiger partial charge is 0.221 e. The summed E-state index contributed by atoms with van der Waals surface area (Å²) in [7, 11) is -4.69. The van der Waals surface area contributed by atoms with Crippen LogP contribution >= 0.6 is 24.1 Å². The first-order valence-electron chi connectivity index (χ1n) is 20.1. The molecule has 0 atom stereocenters. The first-order chi connectivity index (χ1) is 29.7. The van der Waals surface area contributed by atoms with E-state index in [1.54, 1.807) is 6.07 Å². The van der Waals surface area contributed by atoms with Crippen LogP contribution in [0.2, 0.25) is 0 Å². The lowest BCUT2D eigenvalue weighted by atomic mass is 9.80. The predicted octanol–water partition coefficient (Wildman–Crippen LogP) is 7.15. The minimum absolute atomic E-state index is 0.275. The lowest BCUT2D eigenvalue weighted by Gasteiger charge is -2.28. The van der Waals surface area contributed by atoms with E-state index < -0.39 is 15.5 Å². The summed E-state index contributed by atoms with van der Waals surface area (Å²) >= 11 is 1.82. The molecule has 0 unspecified atom stereocenters. The molecule has 0 fully saturated rings. The maximum atomic E-state index is 12.2. The van der Waals surface area contributed by atoms with Gasteiger partial charge in [-0.1, -0.05) is 43.7 Å². The summed E-state index contributed by atoms with van der Waals surface area (Å²) in [6.45, 7) is 13.1. The Morgan fingerprint density at radius 2 is 1.47 bits per heavy atom. The zero-order chi connectivity index (χ0) is 43.3. The van der Waals surface area contributed by atoms with Crippen molar-refractivity contribution >= 4 is 94.7 Å². The van der Waals surface area contributed by atoms with Crippen molar-refractivity contribution < 1.29 is 47.0 Å². The fourth-order valence-electron chi connectivity index (χ4n) is 9.95. The van der Waals surface area contributed by atoms with Gasteiger partial charge in [-0.15, -0.1) is 0 Å². The number of nitrogens with zero attached hydrogens (tertiary/aromatic N) is 2. The first-order valence-corrected chi connectivity index (χ1v) is 23.2. The van der Waals surface area contributed by atoms with Gasteiger partial charge in [-0.25, -0.2) is 8.42 Å². The molecule has 0 saturated heterocycles. The van der Waals surface area contributed by atoms with E-state index in [-0.39, 0.29) is 10.3 Å². The Morgan fingerprint density at radius 1 is 0.774 bits per heavy atom. The molecule has 0 N–H and O–H groups in total. The number of hydrogen-bond donors (Lipinski definition) is 0. The van der Waals surface area contributed by atoms with Gasteiger partial charge in [0.1, 0.15) is 21.6 Å². The fraction of sp³-hybridized carbons (Fsp3) is 0.255. The summed E-state index contributed by atoms with van der Waals surface area (Å²) in [5.41, 5.74) is 5.56. The number of fused-ring (bicyclic) bond motifs is 14. The number of aryl methyl sites for hydroxylation is 1. The van der Waals surface area contributed by atoms with Crippen LogP contribution in [0.3, 0.4) is 0 Å². The molecule has 62 heavy (non-hydrogen) atoms. The summed E-state index contributed by atoms with van der Waals surface area (Å²) < 4.78 is 55.9. The van der Waals surface area contributed by atoms with E-state index in [9.17, 15) is 23.5 Å². The lowest BCUT2D eigenvalue weighted by Crippen LogP contribution is -2.30. The number of ether oxygens (including phenoxy) is 1. The van der Waals surface area contributed by atoms with Crippen molar-refractivity contribution in [1.29, 1.82) is 0 Å². The lowest BCUT2D eigenvalue weighted by molar-refractivity contribution is -0.777. The molecule has 0 bridgehead atoms. The average molecular weight is 889 g/mol. The molecule has 0 radical (unpaired) electrons. The molecule has 3 heterocycles. The van der Waals surface area contributed by atoms with Gasteiger partial charge in [-0.2, -0.15) is 13.2 Å². The number of anilines is 1. The number of hydrogen-bond acceptors (Lipinski definition) is 13. The van der Waals surface area contributed by atoms with Crippen LogP contribution in [0.1, 0.15) is 56.4 Å². The molecule has 12 nitrogen and oxygen atoms in total. The molecule has 318 valence electrons. The largest absolute Gasteiger partial charge is 0.744 e. The van der Waals surface area contributed by atoms with Crippen molar-refractivity contribution in [3.63, 3.8) is 0 Å². The van der Waals surface area contributed by atoms with Crippen LogP contribution in [-0.2, 0) is 39.7 Å². The Labute approximate surface area is 365 Å². The molecule has 7 aromatic rings. The van der Waals surface area contributed by atoms with Gasteiger partial charge in [0.15, 0.2) is 6.54 Å². The van der Waals surface area contributed by atoms with E-state index in [0.717, 1.165) is 124 Å². The van der Waals surface area contributed by atoms with Crippen molar-refractivity contribution in [3.05, 3.63) is 118 Å². The summed E-state index contributed by atoms with van der Waals surface area (Å²) in [4.78, 5) is 2.82. The summed E-state index contributed by atoms with van der Waals surface area (Å²) in [6, 6.07) is 27.3. The second kappa shape index (κ2) is 15.2. The Kier molecular flexibility index (Phi) is 10.1. The standard InChI is InChI=1S/C47H42N2O10S3/c1-26-7-11-31(12-8-26)49-25-47(4,5)41-43(49)37-22-30-18-33(62(52,53)54)14-10-28(30)20-35(37)39-23-38-34-19-27-9-13-32(61-59-57-51)17-29(27)21-36(34)42-40(44(38)55-45(39)41)46(2,3)24-48(42)15-6-16-60-58-56-50/h7-14,17-23H,6,15-16,24-25H2,1-5H3,(H2-,50,51,52,53,54)/p-2. The molecular weight excluding hydrogens is 849 g/mol. The second-order valence-corrected chi connectivity index (χ2v) is 20.5. The Morgan fingerprint density at radius 3 is 2.21 bits per heavy atom. The molecule has 0 aliphatic carbocycles. The Balaban J connectivity index is 1.32. The van der Waals surface area contributed by atoms with E-state index in [1.165, 1.54) is 12.1 Å². The van der Waals surface area contributed by atoms with Gasteiger partial charge in [0.05, 0.1) is 39.0 Å². The molecule has 0 saturated carbocycles. The third kappa shape index (κ3) is 6.83. The molecule has 0 spiro atoms. The predicted molar refractivity (Wildman–Crippen MR) is 236 cm³/mol. The summed E-state index contributed by atoms with van der Waals surface area (Å²) in [5, 5.41) is 37.6. The quantitative estimate of drug-likeness (QED) is 0.0246. The summed E-state index contributed by atoms with van der Waals surface area (Å²) in [5.74, 6) is 2.13. The van der Waals surface area contributed by atoms with Crippen molar-refractivity contribution in [2.75, 3.05) is 30.3 Å². The molecule has 15 heteroatoms. The van der Waals surface area contributed by atoms with Crippen LogP contribution in [-0.4, -0.2) is 38.4 Å². The van der Waals surface area contributed by atoms with Crippen LogP contribution in [0.4, 0.5) is 11.4 Å². The number of benzene rings is 7. The molecule has 3 aliphatic heterocycles. The van der Waals surface area contributed by atoms with Gasteiger partial charge in [0.25, 0.3) is 0 Å². The third-order valence-electron chi connectivity index (χ3n) is 12.5. The van der Waals surface area contributed by atoms with Crippen LogP contribution < -0.4 is 35.3 Å². The average Bonchev–Trinajstić information content (AvgIpc) is 3.69. The number of rotatable bonds is 11. The normalized spacial score (nSPS) is 16.1. The molecule has 0 amide bonds. The van der Waals surface area contributed by atoms with Gasteiger partial charge in [-0.05, 0) is 114 Å². The van der Waals surface area contributed by atoms with Crippen molar-refractivity contribution in [2.24, 2.45) is 0 Å². The van der Waals surface area contributed by atoms with Crippen LogP contribution in [0.5, 0.6) is 11.5 Å². The second-order valence-electron chi connectivity index (χ2n) is 17.6. The highest BCUT2D eigenvalue weighted by Crippen LogP contribution is 2.55. The molecular formula is C47H40N2O10S3-2. The monoisotopic (exact) mass is 888 g/mol. The maximum Gasteiger partial charge on any atom is 0.221 e. The van der Waals surface area contributed by atoms with Gasteiger partial charge in [0.2, 0.25) is 11.0 Å². The van der Waals surface area contributed by atoms with Gasteiger partial charge < -0.3 is 24.7 Å².